The number of hydrogen-bond acceptors (Lipinski definition) is 4. The fourth-order valence-electron chi connectivity index (χ4n) is 2.39. The second-order valence-electron chi connectivity index (χ2n) is 6.55. The molecule has 0 saturated carbocycles. The molecule has 1 aromatic carbocycles. The third-order valence-corrected chi connectivity index (χ3v) is 4.33. The number of rotatable bonds is 6. The third-order valence-electron chi connectivity index (χ3n) is 3.55. The van der Waals surface area contributed by atoms with Gasteiger partial charge in [0.25, 0.3) is 0 Å². The minimum Gasteiger partial charge on any atom is -0.490 e. The van der Waals surface area contributed by atoms with E-state index in [2.05, 4.69) is 38.4 Å². The van der Waals surface area contributed by atoms with E-state index in [1.807, 2.05) is 18.2 Å². The summed E-state index contributed by atoms with van der Waals surface area (Å²) in [7, 11) is 0. The van der Waals surface area contributed by atoms with E-state index in [9.17, 15) is 0 Å². The zero-order chi connectivity index (χ0) is 15.3. The molecule has 2 unspecified atom stereocenters. The standard InChI is InChI=1S/C17H27NO2S/c1-17(2,3)18-11-13-9-10-14(20-13)12-19-15-7-5-6-8-16(15)21-4/h5-8,13-14,18H,9-12H2,1-4H3. The summed E-state index contributed by atoms with van der Waals surface area (Å²) < 4.78 is 12.0. The summed E-state index contributed by atoms with van der Waals surface area (Å²) in [6.07, 6.45) is 4.79. The Labute approximate surface area is 132 Å². The Morgan fingerprint density at radius 1 is 1.24 bits per heavy atom. The highest BCUT2D eigenvalue weighted by molar-refractivity contribution is 7.98. The summed E-state index contributed by atoms with van der Waals surface area (Å²) in [6.45, 7) is 8.11. The van der Waals surface area contributed by atoms with Crippen LogP contribution in [0, 0.1) is 0 Å². The van der Waals surface area contributed by atoms with Crippen LogP contribution in [0.15, 0.2) is 29.2 Å². The Balaban J connectivity index is 1.75. The van der Waals surface area contributed by atoms with Crippen molar-refractivity contribution in [1.29, 1.82) is 0 Å². The van der Waals surface area contributed by atoms with Crippen LogP contribution < -0.4 is 10.1 Å². The molecule has 1 aliphatic rings. The summed E-state index contributed by atoms with van der Waals surface area (Å²) in [5.74, 6) is 0.963. The molecule has 0 aliphatic carbocycles. The van der Waals surface area contributed by atoms with Crippen LogP contribution in [0.5, 0.6) is 5.75 Å². The third kappa shape index (κ3) is 5.53. The molecule has 1 heterocycles. The minimum absolute atomic E-state index is 0.148. The molecule has 0 aromatic heterocycles. The van der Waals surface area contributed by atoms with Gasteiger partial charge in [0.15, 0.2) is 0 Å². The van der Waals surface area contributed by atoms with Gasteiger partial charge in [0.2, 0.25) is 0 Å². The van der Waals surface area contributed by atoms with Crippen molar-refractivity contribution >= 4 is 11.8 Å². The Hall–Kier alpha value is -0.710. The van der Waals surface area contributed by atoms with E-state index in [1.165, 1.54) is 4.90 Å². The maximum atomic E-state index is 6.06. The fourth-order valence-corrected chi connectivity index (χ4v) is 2.94. The molecule has 0 amide bonds. The van der Waals surface area contributed by atoms with Gasteiger partial charge < -0.3 is 14.8 Å². The maximum Gasteiger partial charge on any atom is 0.132 e. The molecule has 4 heteroatoms. The van der Waals surface area contributed by atoms with Gasteiger partial charge in [-0.15, -0.1) is 11.8 Å². The first-order valence-electron chi connectivity index (χ1n) is 7.64. The van der Waals surface area contributed by atoms with Crippen LogP contribution in [-0.2, 0) is 4.74 Å². The van der Waals surface area contributed by atoms with Crippen LogP contribution in [0.3, 0.4) is 0 Å². The van der Waals surface area contributed by atoms with Crippen LogP contribution in [0.25, 0.3) is 0 Å². The van der Waals surface area contributed by atoms with Crippen LogP contribution in [-0.4, -0.2) is 37.2 Å². The van der Waals surface area contributed by atoms with E-state index < -0.39 is 0 Å². The van der Waals surface area contributed by atoms with Gasteiger partial charge in [0.1, 0.15) is 12.4 Å². The highest BCUT2D eigenvalue weighted by atomic mass is 32.2. The van der Waals surface area contributed by atoms with Crippen molar-refractivity contribution < 1.29 is 9.47 Å². The van der Waals surface area contributed by atoms with Gasteiger partial charge in [0.05, 0.1) is 12.2 Å². The van der Waals surface area contributed by atoms with Gasteiger partial charge in [-0.05, 0) is 52.0 Å². The molecular weight excluding hydrogens is 282 g/mol. The van der Waals surface area contributed by atoms with Crippen molar-refractivity contribution in [1.82, 2.24) is 5.32 Å². The van der Waals surface area contributed by atoms with Gasteiger partial charge >= 0.3 is 0 Å². The number of ether oxygens (including phenoxy) is 2. The first kappa shape index (κ1) is 16.7. The average molecular weight is 309 g/mol. The number of nitrogens with one attached hydrogen (secondary N) is 1. The molecule has 118 valence electrons. The zero-order valence-corrected chi connectivity index (χ0v) is 14.3. The molecule has 0 spiro atoms. The van der Waals surface area contributed by atoms with Gasteiger partial charge in [-0.25, -0.2) is 0 Å². The predicted octanol–water partition coefficient (Wildman–Crippen LogP) is 3.72. The lowest BCUT2D eigenvalue weighted by Gasteiger charge is -2.23. The highest BCUT2D eigenvalue weighted by Gasteiger charge is 2.26. The summed E-state index contributed by atoms with van der Waals surface area (Å²) >= 11 is 1.71. The molecule has 1 fully saturated rings. The molecule has 0 bridgehead atoms. The van der Waals surface area contributed by atoms with Gasteiger partial charge in [-0.2, -0.15) is 0 Å². The normalized spacial score (nSPS) is 22.5. The van der Waals surface area contributed by atoms with Gasteiger partial charge in [0, 0.05) is 17.0 Å². The number of para-hydroxylation sites is 1. The van der Waals surface area contributed by atoms with E-state index >= 15 is 0 Å². The molecule has 0 radical (unpaired) electrons. The van der Waals surface area contributed by atoms with Gasteiger partial charge in [-0.1, -0.05) is 12.1 Å². The van der Waals surface area contributed by atoms with E-state index in [4.69, 9.17) is 9.47 Å². The maximum absolute atomic E-state index is 6.06. The number of thioether (sulfide) groups is 1. The fraction of sp³-hybridized carbons (Fsp3) is 0.647. The predicted molar refractivity (Wildman–Crippen MR) is 89.4 cm³/mol. The Morgan fingerprint density at radius 2 is 1.95 bits per heavy atom. The molecule has 1 N–H and O–H groups in total. The van der Waals surface area contributed by atoms with Crippen LogP contribution in [0.1, 0.15) is 33.6 Å². The summed E-state index contributed by atoms with van der Waals surface area (Å²) in [4.78, 5) is 1.18. The molecule has 21 heavy (non-hydrogen) atoms. The van der Waals surface area contributed by atoms with Crippen LogP contribution >= 0.6 is 11.8 Å². The first-order valence-corrected chi connectivity index (χ1v) is 8.87. The van der Waals surface area contributed by atoms with Crippen molar-refractivity contribution in [2.45, 2.75) is 56.3 Å². The molecule has 3 nitrogen and oxygen atoms in total. The largest absolute Gasteiger partial charge is 0.490 e. The lowest BCUT2D eigenvalue weighted by Crippen LogP contribution is -2.41. The highest BCUT2D eigenvalue weighted by Crippen LogP contribution is 2.28. The molecule has 2 atom stereocenters. The van der Waals surface area contributed by atoms with Crippen LogP contribution in [0.2, 0.25) is 0 Å². The van der Waals surface area contributed by atoms with E-state index in [0.29, 0.717) is 12.7 Å². The van der Waals surface area contributed by atoms with Crippen molar-refractivity contribution in [3.63, 3.8) is 0 Å². The van der Waals surface area contributed by atoms with Crippen molar-refractivity contribution in [2.24, 2.45) is 0 Å². The number of benzene rings is 1. The van der Waals surface area contributed by atoms with Crippen molar-refractivity contribution in [3.8, 4) is 5.75 Å². The molecular formula is C17H27NO2S. The Morgan fingerprint density at radius 3 is 2.67 bits per heavy atom. The Bertz CT molecular complexity index is 445. The molecule has 2 rings (SSSR count). The Kier molecular flexibility index (Phi) is 5.97. The lowest BCUT2D eigenvalue weighted by atomic mass is 10.1. The topological polar surface area (TPSA) is 30.5 Å². The van der Waals surface area contributed by atoms with Crippen molar-refractivity contribution in [3.05, 3.63) is 24.3 Å². The summed E-state index contributed by atoms with van der Waals surface area (Å²) in [5, 5.41) is 3.51. The molecule has 1 aromatic rings. The second kappa shape index (κ2) is 7.52. The van der Waals surface area contributed by atoms with E-state index in [-0.39, 0.29) is 11.6 Å². The summed E-state index contributed by atoms with van der Waals surface area (Å²) in [6, 6.07) is 8.17. The summed E-state index contributed by atoms with van der Waals surface area (Å²) in [5.41, 5.74) is 0.148. The second-order valence-corrected chi connectivity index (χ2v) is 7.40. The van der Waals surface area contributed by atoms with Crippen molar-refractivity contribution in [2.75, 3.05) is 19.4 Å². The minimum atomic E-state index is 0.148. The number of hydrogen-bond donors (Lipinski definition) is 1. The smallest absolute Gasteiger partial charge is 0.132 e. The molecule has 1 saturated heterocycles. The SMILES string of the molecule is CSc1ccccc1OCC1CCC(CNC(C)(C)C)O1. The zero-order valence-electron chi connectivity index (χ0n) is 13.5. The molecule has 1 aliphatic heterocycles. The van der Waals surface area contributed by atoms with E-state index in [1.54, 1.807) is 11.8 Å². The average Bonchev–Trinajstić information content (AvgIpc) is 2.90. The van der Waals surface area contributed by atoms with Crippen LogP contribution in [0.4, 0.5) is 0 Å². The lowest BCUT2D eigenvalue weighted by molar-refractivity contribution is 0.0156. The monoisotopic (exact) mass is 309 g/mol. The van der Waals surface area contributed by atoms with Gasteiger partial charge in [-0.3, -0.25) is 0 Å². The quantitative estimate of drug-likeness (QED) is 0.811. The van der Waals surface area contributed by atoms with E-state index in [0.717, 1.165) is 25.1 Å². The first-order chi connectivity index (χ1) is 9.98.